The van der Waals surface area contributed by atoms with E-state index in [1.54, 1.807) is 0 Å². The molecule has 0 nitrogen and oxygen atoms in total. The molecule has 0 amide bonds. The average molecular weight is 692 g/mol. The zero-order chi connectivity index (χ0) is 4.50. The van der Waals surface area contributed by atoms with E-state index in [0.717, 1.165) is 0 Å². The Morgan fingerprint density at radius 2 is 0.714 bits per heavy atom. The second-order valence-corrected chi connectivity index (χ2v) is 43.3. The number of rotatable bonds is 0. The average Bonchev–Trinajstić information content (AvgIpc) is 0.722. The first-order chi connectivity index (χ1) is 2.00. The van der Waals surface area contributed by atoms with Gasteiger partial charge in [-0.3, -0.25) is 0 Å². The molecule has 0 radical (unpaired) electrons. The maximum Gasteiger partial charge on any atom is 1.00 e. The van der Waals surface area contributed by atoms with Gasteiger partial charge in [0.2, 0.25) is 0 Å². The SMILES string of the molecule is [Br][Pd-2]([Br])([Br])[Br].[Cs+].[Cs+]. The van der Waals surface area contributed by atoms with E-state index in [-0.39, 0.29) is 138 Å². The molecule has 0 bridgehead atoms. The predicted molar refractivity (Wildman–Crippen MR) is 35.7 cm³/mol. The van der Waals surface area contributed by atoms with E-state index in [0.29, 0.717) is 0 Å². The van der Waals surface area contributed by atoms with E-state index < -0.39 is 7.47 Å². The van der Waals surface area contributed by atoms with Crippen molar-refractivity contribution in [3.05, 3.63) is 0 Å². The fourth-order valence-corrected chi connectivity index (χ4v) is 0. The van der Waals surface area contributed by atoms with Crippen LogP contribution in [0.25, 0.3) is 0 Å². The molecule has 0 aliphatic heterocycles. The molecule has 0 rings (SSSR count). The fourth-order valence-electron chi connectivity index (χ4n) is 0. The second-order valence-electron chi connectivity index (χ2n) is 0.271. The van der Waals surface area contributed by atoms with Crippen molar-refractivity contribution < 1.29 is 145 Å². The van der Waals surface area contributed by atoms with E-state index in [9.17, 15) is 0 Å². The zero-order valence-corrected chi connectivity index (χ0v) is 24.3. The molecular formula is Br4Cs2Pd. The van der Waals surface area contributed by atoms with E-state index >= 15 is 0 Å². The third-order valence-corrected chi connectivity index (χ3v) is 0. The van der Waals surface area contributed by atoms with Crippen molar-refractivity contribution in [1.29, 1.82) is 0 Å². The number of halogens is 4. The normalized spacial score (nSPS) is 10.9. The van der Waals surface area contributed by atoms with Gasteiger partial charge >= 0.3 is 199 Å². The van der Waals surface area contributed by atoms with Gasteiger partial charge in [0.25, 0.3) is 0 Å². The third-order valence-electron chi connectivity index (χ3n) is 0. The quantitative estimate of drug-likeness (QED) is 0.245. The van der Waals surface area contributed by atoms with Crippen molar-refractivity contribution in [3.8, 4) is 0 Å². The Bertz CT molecular complexity index is 25.2. The molecule has 0 saturated carbocycles. The third kappa shape index (κ3) is 32.4. The van der Waals surface area contributed by atoms with Gasteiger partial charge in [0.15, 0.2) is 0 Å². The minimum absolute atomic E-state index is 0. The molecule has 0 unspecified atom stereocenters. The van der Waals surface area contributed by atoms with E-state index in [1.807, 2.05) is 0 Å². The molecule has 0 aliphatic carbocycles. The van der Waals surface area contributed by atoms with Crippen LogP contribution < -0.4 is 138 Å². The van der Waals surface area contributed by atoms with Crippen LogP contribution in [-0.4, -0.2) is 0 Å². The minimum Gasteiger partial charge on any atom is 1.00 e. The van der Waals surface area contributed by atoms with Gasteiger partial charge in [0, 0.05) is 0 Å². The largest absolute Gasteiger partial charge is 1.00 e. The van der Waals surface area contributed by atoms with Gasteiger partial charge in [0.05, 0.1) is 0 Å². The van der Waals surface area contributed by atoms with Crippen LogP contribution in [-0.2, 0) is 7.47 Å². The summed E-state index contributed by atoms with van der Waals surface area (Å²) in [5.41, 5.74) is 0. The molecule has 0 heterocycles. The first kappa shape index (κ1) is 19.3. The molecule has 40 valence electrons. The topological polar surface area (TPSA) is 0 Å². The van der Waals surface area contributed by atoms with Crippen LogP contribution in [0.2, 0.25) is 0 Å². The standard InChI is InChI=1S/4BrH.2Cs.Pd/h4*1H;;;/q;;;;2*+1;+2/p-4. The monoisotopic (exact) mass is 687 g/mol. The first-order valence-corrected chi connectivity index (χ1v) is 14.7. The van der Waals surface area contributed by atoms with E-state index in [2.05, 4.69) is 53.7 Å². The summed E-state index contributed by atoms with van der Waals surface area (Å²) in [4.78, 5) is 0. The maximum atomic E-state index is 3.28. The molecule has 0 N–H and O–H groups in total. The molecule has 0 aromatic carbocycles. The van der Waals surface area contributed by atoms with Crippen LogP contribution >= 0.6 is 53.7 Å². The van der Waals surface area contributed by atoms with Crippen molar-refractivity contribution in [2.45, 2.75) is 0 Å². The van der Waals surface area contributed by atoms with Crippen LogP contribution in [0.3, 0.4) is 0 Å². The summed E-state index contributed by atoms with van der Waals surface area (Å²) in [7, 11) is -1.45. The van der Waals surface area contributed by atoms with Crippen LogP contribution in [0, 0.1) is 0 Å². The van der Waals surface area contributed by atoms with Gasteiger partial charge in [0.1, 0.15) is 0 Å². The van der Waals surface area contributed by atoms with Gasteiger partial charge in [-0.05, 0) is 0 Å². The molecule has 0 spiro atoms. The van der Waals surface area contributed by atoms with Crippen molar-refractivity contribution in [3.63, 3.8) is 0 Å². The predicted octanol–water partition coefficient (Wildman–Crippen LogP) is -2.61. The summed E-state index contributed by atoms with van der Waals surface area (Å²) in [6.07, 6.45) is 0. The Kier molecular flexibility index (Phi) is 29.7. The molecule has 0 atom stereocenters. The van der Waals surface area contributed by atoms with Crippen LogP contribution in [0.1, 0.15) is 0 Å². The summed E-state index contributed by atoms with van der Waals surface area (Å²) in [5.74, 6) is 0. The van der Waals surface area contributed by atoms with Crippen molar-refractivity contribution in [2.75, 3.05) is 0 Å². The van der Waals surface area contributed by atoms with Crippen molar-refractivity contribution in [1.82, 2.24) is 0 Å². The van der Waals surface area contributed by atoms with Crippen LogP contribution in [0.5, 0.6) is 0 Å². The Hall–Kier alpha value is 6.69. The Balaban J connectivity index is -0.0000000800. The number of hydrogen-bond acceptors (Lipinski definition) is 0. The summed E-state index contributed by atoms with van der Waals surface area (Å²) in [6.45, 7) is 0. The van der Waals surface area contributed by atoms with Gasteiger partial charge in [-0.1, -0.05) is 0 Å². The Labute approximate surface area is 191 Å². The molecule has 7 heavy (non-hydrogen) atoms. The van der Waals surface area contributed by atoms with Gasteiger partial charge in [-0.2, -0.15) is 0 Å². The van der Waals surface area contributed by atoms with Crippen molar-refractivity contribution in [2.24, 2.45) is 0 Å². The summed E-state index contributed by atoms with van der Waals surface area (Å²) >= 11 is 13.1. The summed E-state index contributed by atoms with van der Waals surface area (Å²) in [6, 6.07) is 0. The van der Waals surface area contributed by atoms with Crippen molar-refractivity contribution >= 4 is 53.7 Å². The molecule has 0 aromatic heterocycles. The second kappa shape index (κ2) is 10.8. The molecule has 0 saturated heterocycles. The zero-order valence-electron chi connectivity index (χ0n) is 3.83. The molecular weight excluding hydrogens is 692 g/mol. The smallest absolute Gasteiger partial charge is 1.00 e. The van der Waals surface area contributed by atoms with Gasteiger partial charge < -0.3 is 0 Å². The molecule has 0 aromatic rings. The van der Waals surface area contributed by atoms with Gasteiger partial charge in [-0.25, -0.2) is 0 Å². The fraction of sp³-hybridized carbons (Fsp3) is 0. The summed E-state index contributed by atoms with van der Waals surface area (Å²) < 4.78 is 0. The summed E-state index contributed by atoms with van der Waals surface area (Å²) in [5, 5.41) is 0. The Morgan fingerprint density at radius 1 is 0.714 bits per heavy atom. The molecule has 0 fully saturated rings. The Morgan fingerprint density at radius 3 is 0.714 bits per heavy atom. The van der Waals surface area contributed by atoms with Crippen LogP contribution in [0.15, 0.2) is 0 Å². The maximum absolute atomic E-state index is 3.28. The first-order valence-electron chi connectivity index (χ1n) is 0.478. The molecule has 0 aliphatic rings. The molecule has 7 heteroatoms. The van der Waals surface area contributed by atoms with E-state index in [1.165, 1.54) is 0 Å². The number of hydrogen-bond donors (Lipinski definition) is 0. The van der Waals surface area contributed by atoms with E-state index in [4.69, 9.17) is 0 Å². The minimum atomic E-state index is -1.45. The van der Waals surface area contributed by atoms with Crippen LogP contribution in [0.4, 0.5) is 0 Å². The van der Waals surface area contributed by atoms with Gasteiger partial charge in [-0.15, -0.1) is 0 Å².